The molecule has 3 saturated heterocycles. The van der Waals surface area contributed by atoms with Crippen molar-refractivity contribution in [2.75, 3.05) is 37.7 Å². The number of hydrogen-bond donors (Lipinski definition) is 0. The van der Waals surface area contributed by atoms with E-state index in [0.717, 1.165) is 80.7 Å². The van der Waals surface area contributed by atoms with Crippen LogP contribution in [0.2, 0.25) is 0 Å². The van der Waals surface area contributed by atoms with Gasteiger partial charge < -0.3 is 14.5 Å². The van der Waals surface area contributed by atoms with Crippen molar-refractivity contribution in [3.8, 4) is 0 Å². The first-order valence-corrected chi connectivity index (χ1v) is 12.5. The lowest BCUT2D eigenvalue weighted by atomic mass is 9.85. The van der Waals surface area contributed by atoms with Crippen molar-refractivity contribution in [3.05, 3.63) is 11.9 Å². The van der Waals surface area contributed by atoms with E-state index in [1.54, 1.807) is 11.3 Å². The van der Waals surface area contributed by atoms with Crippen molar-refractivity contribution in [1.82, 2.24) is 19.5 Å². The fourth-order valence-corrected chi connectivity index (χ4v) is 6.46. The van der Waals surface area contributed by atoms with Gasteiger partial charge in [-0.1, -0.05) is 24.2 Å². The normalized spacial score (nSPS) is 25.0. The largest absolute Gasteiger partial charge is 0.381 e. The predicted molar refractivity (Wildman–Crippen MR) is 118 cm³/mol. The standard InChI is InChI=1S/C22H33N5O2S/c1-16-15-27-21(23-16)30-22(24-27)25-11-6-17(7-12-25)19-5-3-2-4-10-26(19)20(28)18-8-13-29-14-9-18/h15,17-19H,2-14H2,1H3. The second-order valence-electron chi connectivity index (χ2n) is 9.15. The van der Waals surface area contributed by atoms with Crippen LogP contribution in [0.3, 0.4) is 0 Å². The van der Waals surface area contributed by atoms with Gasteiger partial charge in [-0.25, -0.2) is 9.50 Å². The summed E-state index contributed by atoms with van der Waals surface area (Å²) in [7, 11) is 0. The van der Waals surface area contributed by atoms with Gasteiger partial charge in [0, 0.05) is 44.8 Å². The highest BCUT2D eigenvalue weighted by atomic mass is 32.1. The maximum atomic E-state index is 13.4. The van der Waals surface area contributed by atoms with Gasteiger partial charge in [0.25, 0.3) is 0 Å². The molecule has 0 N–H and O–H groups in total. The van der Waals surface area contributed by atoms with Gasteiger partial charge in [0.15, 0.2) is 0 Å². The molecule has 0 aromatic carbocycles. The number of aromatic nitrogens is 3. The van der Waals surface area contributed by atoms with Gasteiger partial charge in [0.1, 0.15) is 0 Å². The molecule has 0 aliphatic carbocycles. The third-order valence-electron chi connectivity index (χ3n) is 7.16. The quantitative estimate of drug-likeness (QED) is 0.744. The minimum atomic E-state index is 0.175. The number of aryl methyl sites for hydroxylation is 1. The summed E-state index contributed by atoms with van der Waals surface area (Å²) in [5.41, 5.74) is 1.02. The number of hydrogen-bond acceptors (Lipinski definition) is 6. The number of amides is 1. The zero-order valence-electron chi connectivity index (χ0n) is 18.0. The molecule has 3 fully saturated rings. The van der Waals surface area contributed by atoms with E-state index >= 15 is 0 Å². The molecule has 3 aliphatic heterocycles. The second-order valence-corrected chi connectivity index (χ2v) is 10.1. The fourth-order valence-electron chi connectivity index (χ4n) is 5.48. The Hall–Kier alpha value is -1.67. The Morgan fingerprint density at radius 1 is 1.07 bits per heavy atom. The Kier molecular flexibility index (Phi) is 5.96. The molecule has 5 heterocycles. The van der Waals surface area contributed by atoms with Crippen LogP contribution in [0, 0.1) is 18.8 Å². The Labute approximate surface area is 182 Å². The number of likely N-dealkylation sites (tertiary alicyclic amines) is 1. The van der Waals surface area contributed by atoms with Gasteiger partial charge in [-0.05, 0) is 51.4 Å². The Bertz CT molecular complexity index is 835. The minimum Gasteiger partial charge on any atom is -0.381 e. The van der Waals surface area contributed by atoms with Crippen LogP contribution < -0.4 is 4.90 Å². The molecule has 1 unspecified atom stereocenters. The summed E-state index contributed by atoms with van der Waals surface area (Å²) in [5.74, 6) is 1.19. The summed E-state index contributed by atoms with van der Waals surface area (Å²) >= 11 is 1.68. The molecule has 30 heavy (non-hydrogen) atoms. The topological polar surface area (TPSA) is 63.0 Å². The zero-order valence-corrected chi connectivity index (χ0v) is 18.8. The molecule has 1 amide bonds. The first kappa shape index (κ1) is 20.2. The summed E-state index contributed by atoms with van der Waals surface area (Å²) in [4.78, 5) is 23.6. The van der Waals surface area contributed by atoms with Crippen LogP contribution in [0.1, 0.15) is 57.1 Å². The van der Waals surface area contributed by atoms with Crippen LogP contribution in [0.25, 0.3) is 4.96 Å². The number of carbonyl (C=O) groups excluding carboxylic acids is 1. The van der Waals surface area contributed by atoms with E-state index in [1.165, 1.54) is 19.3 Å². The van der Waals surface area contributed by atoms with Crippen LogP contribution in [0.4, 0.5) is 5.13 Å². The monoisotopic (exact) mass is 431 g/mol. The van der Waals surface area contributed by atoms with E-state index < -0.39 is 0 Å². The smallest absolute Gasteiger partial charge is 0.226 e. The zero-order chi connectivity index (χ0) is 20.5. The average Bonchev–Trinajstić information content (AvgIpc) is 3.21. The van der Waals surface area contributed by atoms with Crippen LogP contribution in [-0.2, 0) is 9.53 Å². The van der Waals surface area contributed by atoms with E-state index in [4.69, 9.17) is 9.84 Å². The summed E-state index contributed by atoms with van der Waals surface area (Å²) in [6, 6.07) is 0.418. The van der Waals surface area contributed by atoms with E-state index in [2.05, 4.69) is 14.8 Å². The number of piperidine rings is 1. The summed E-state index contributed by atoms with van der Waals surface area (Å²) < 4.78 is 7.40. The van der Waals surface area contributed by atoms with Crippen LogP contribution >= 0.6 is 11.3 Å². The van der Waals surface area contributed by atoms with Crippen molar-refractivity contribution < 1.29 is 9.53 Å². The molecule has 8 heteroatoms. The number of carbonyl (C=O) groups is 1. The molecule has 164 valence electrons. The molecule has 0 radical (unpaired) electrons. The highest BCUT2D eigenvalue weighted by Gasteiger charge is 2.37. The highest BCUT2D eigenvalue weighted by Crippen LogP contribution is 2.34. The molecule has 0 saturated carbocycles. The van der Waals surface area contributed by atoms with E-state index in [-0.39, 0.29) is 5.92 Å². The number of ether oxygens (including phenoxy) is 1. The first-order chi connectivity index (χ1) is 14.7. The summed E-state index contributed by atoms with van der Waals surface area (Å²) in [6.45, 7) is 6.48. The van der Waals surface area contributed by atoms with Crippen molar-refractivity contribution in [1.29, 1.82) is 0 Å². The van der Waals surface area contributed by atoms with E-state index in [9.17, 15) is 4.79 Å². The molecule has 0 spiro atoms. The number of anilines is 1. The van der Waals surface area contributed by atoms with Gasteiger partial charge in [0.05, 0.1) is 11.9 Å². The predicted octanol–water partition coefficient (Wildman–Crippen LogP) is 3.51. The van der Waals surface area contributed by atoms with Crippen molar-refractivity contribution in [2.45, 2.75) is 64.3 Å². The van der Waals surface area contributed by atoms with E-state index in [0.29, 0.717) is 17.9 Å². The lowest BCUT2D eigenvalue weighted by molar-refractivity contribution is -0.142. The number of imidazole rings is 1. The molecular weight excluding hydrogens is 398 g/mol. The number of nitrogens with zero attached hydrogens (tertiary/aromatic N) is 5. The lowest BCUT2D eigenvalue weighted by Crippen LogP contribution is -2.50. The highest BCUT2D eigenvalue weighted by molar-refractivity contribution is 7.20. The minimum absolute atomic E-state index is 0.175. The van der Waals surface area contributed by atoms with Crippen molar-refractivity contribution in [2.24, 2.45) is 11.8 Å². The Balaban J connectivity index is 1.25. The van der Waals surface area contributed by atoms with E-state index in [1.807, 2.05) is 17.6 Å². The molecule has 3 aliphatic rings. The number of rotatable bonds is 3. The van der Waals surface area contributed by atoms with Gasteiger partial charge >= 0.3 is 0 Å². The third-order valence-corrected chi connectivity index (χ3v) is 8.14. The summed E-state index contributed by atoms with van der Waals surface area (Å²) in [6.07, 6.45) is 10.9. The maximum Gasteiger partial charge on any atom is 0.226 e. The molecule has 7 nitrogen and oxygen atoms in total. The second kappa shape index (κ2) is 8.83. The third kappa shape index (κ3) is 4.08. The van der Waals surface area contributed by atoms with Gasteiger partial charge in [-0.2, -0.15) is 0 Å². The maximum absolute atomic E-state index is 13.4. The number of fused-ring (bicyclic) bond motifs is 1. The molecule has 2 aromatic rings. The Morgan fingerprint density at radius 2 is 1.87 bits per heavy atom. The molecular formula is C22H33N5O2S. The van der Waals surface area contributed by atoms with Crippen LogP contribution in [0.5, 0.6) is 0 Å². The molecule has 5 rings (SSSR count). The molecule has 1 atom stereocenters. The molecule has 0 bridgehead atoms. The van der Waals surface area contributed by atoms with Gasteiger partial charge in [-0.15, -0.1) is 5.10 Å². The SMILES string of the molecule is Cc1cn2nc(N3CCC(C4CCCCCN4C(=O)C4CCOCC4)CC3)sc2n1. The average molecular weight is 432 g/mol. The molecule has 2 aromatic heterocycles. The van der Waals surface area contributed by atoms with Crippen LogP contribution in [0.15, 0.2) is 6.20 Å². The van der Waals surface area contributed by atoms with Gasteiger partial charge in [0.2, 0.25) is 16.0 Å². The first-order valence-electron chi connectivity index (χ1n) is 11.6. The van der Waals surface area contributed by atoms with Crippen LogP contribution in [-0.4, -0.2) is 64.3 Å². The fraction of sp³-hybridized carbons (Fsp3) is 0.773. The van der Waals surface area contributed by atoms with Gasteiger partial charge in [-0.3, -0.25) is 4.79 Å². The summed E-state index contributed by atoms with van der Waals surface area (Å²) in [5, 5.41) is 5.81. The van der Waals surface area contributed by atoms with Crippen molar-refractivity contribution >= 4 is 27.3 Å². The Morgan fingerprint density at radius 3 is 2.63 bits per heavy atom. The lowest BCUT2D eigenvalue weighted by Gasteiger charge is -2.42. The van der Waals surface area contributed by atoms with Crippen molar-refractivity contribution in [3.63, 3.8) is 0 Å².